The van der Waals surface area contributed by atoms with E-state index in [0.717, 1.165) is 43.5 Å². The van der Waals surface area contributed by atoms with Gasteiger partial charge in [-0.2, -0.15) is 0 Å². The third-order valence-electron chi connectivity index (χ3n) is 4.16. The van der Waals surface area contributed by atoms with Crippen LogP contribution in [0.15, 0.2) is 6.07 Å². The number of hydrogen-bond acceptors (Lipinski definition) is 4. The Hall–Kier alpha value is -1.32. The topological polar surface area (TPSA) is 41.0 Å². The van der Waals surface area contributed by atoms with Gasteiger partial charge in [0.25, 0.3) is 0 Å². The van der Waals surface area contributed by atoms with Crippen molar-refractivity contribution in [3.05, 3.63) is 11.9 Å². The summed E-state index contributed by atoms with van der Waals surface area (Å²) in [4.78, 5) is 11.9. The lowest BCUT2D eigenvalue weighted by Crippen LogP contribution is -2.29. The van der Waals surface area contributed by atoms with Crippen molar-refractivity contribution in [1.29, 1.82) is 0 Å². The smallest absolute Gasteiger partial charge is 0.136 e. The largest absolute Gasteiger partial charge is 0.370 e. The first kappa shape index (κ1) is 16.1. The van der Waals surface area contributed by atoms with E-state index >= 15 is 0 Å². The molecule has 0 aliphatic heterocycles. The molecule has 0 aromatic carbocycles. The fourth-order valence-electron chi connectivity index (χ4n) is 2.37. The Morgan fingerprint density at radius 1 is 1.29 bits per heavy atom. The van der Waals surface area contributed by atoms with Gasteiger partial charge in [0.1, 0.15) is 17.5 Å². The van der Waals surface area contributed by atoms with Crippen molar-refractivity contribution in [2.24, 2.45) is 5.92 Å². The molecule has 1 aromatic rings. The van der Waals surface area contributed by atoms with E-state index in [1.54, 1.807) is 0 Å². The van der Waals surface area contributed by atoms with E-state index < -0.39 is 0 Å². The zero-order chi connectivity index (χ0) is 15.2. The molecule has 0 radical (unpaired) electrons. The Kier molecular flexibility index (Phi) is 5.83. The molecule has 0 bridgehead atoms. The molecule has 1 heterocycles. The number of rotatable bonds is 9. The van der Waals surface area contributed by atoms with Gasteiger partial charge in [0.15, 0.2) is 0 Å². The van der Waals surface area contributed by atoms with Crippen LogP contribution in [-0.4, -0.2) is 29.6 Å². The van der Waals surface area contributed by atoms with E-state index in [1.165, 1.54) is 19.3 Å². The zero-order valence-corrected chi connectivity index (χ0v) is 14.0. The number of nitrogens with zero attached hydrogens (tertiary/aromatic N) is 3. The molecule has 1 aromatic heterocycles. The van der Waals surface area contributed by atoms with Crippen LogP contribution in [0.2, 0.25) is 0 Å². The molecule has 1 aliphatic rings. The van der Waals surface area contributed by atoms with E-state index in [0.29, 0.717) is 11.8 Å². The van der Waals surface area contributed by atoms with Gasteiger partial charge in [-0.25, -0.2) is 9.97 Å². The highest BCUT2D eigenvalue weighted by atomic mass is 15.2. The molecule has 4 nitrogen and oxygen atoms in total. The van der Waals surface area contributed by atoms with E-state index in [1.807, 2.05) is 0 Å². The summed E-state index contributed by atoms with van der Waals surface area (Å²) in [7, 11) is 0. The number of aromatic nitrogens is 2. The van der Waals surface area contributed by atoms with Crippen molar-refractivity contribution in [2.45, 2.75) is 59.3 Å². The zero-order valence-electron chi connectivity index (χ0n) is 14.0. The molecule has 0 saturated heterocycles. The molecular weight excluding hydrogens is 260 g/mol. The standard InChI is InChI=1S/C17H30N4/c1-5-10-18-15-11-16(20-17(19-15)14-8-9-14)21(7-3)12-13(4)6-2/h11,13-14H,5-10,12H2,1-4H3,(H,18,19,20). The Morgan fingerprint density at radius 3 is 2.62 bits per heavy atom. The third kappa shape index (κ3) is 4.58. The van der Waals surface area contributed by atoms with Gasteiger partial charge in [-0.3, -0.25) is 0 Å². The highest BCUT2D eigenvalue weighted by Gasteiger charge is 2.28. The number of hydrogen-bond donors (Lipinski definition) is 1. The molecule has 0 spiro atoms. The van der Waals surface area contributed by atoms with Gasteiger partial charge in [-0.05, 0) is 32.1 Å². The Bertz CT molecular complexity index is 442. The maximum atomic E-state index is 4.84. The number of nitrogens with one attached hydrogen (secondary N) is 1. The lowest BCUT2D eigenvalue weighted by atomic mass is 10.1. The Morgan fingerprint density at radius 2 is 2.05 bits per heavy atom. The van der Waals surface area contributed by atoms with Crippen molar-refractivity contribution in [2.75, 3.05) is 29.9 Å². The minimum absolute atomic E-state index is 0.592. The van der Waals surface area contributed by atoms with Crippen LogP contribution in [0, 0.1) is 5.92 Å². The van der Waals surface area contributed by atoms with Crippen LogP contribution in [0.25, 0.3) is 0 Å². The normalized spacial score (nSPS) is 15.8. The molecule has 1 fully saturated rings. The summed E-state index contributed by atoms with van der Waals surface area (Å²) in [6, 6.07) is 2.12. The first-order valence-electron chi connectivity index (χ1n) is 8.55. The van der Waals surface area contributed by atoms with Gasteiger partial charge < -0.3 is 10.2 Å². The minimum Gasteiger partial charge on any atom is -0.370 e. The SMILES string of the molecule is CCCNc1cc(N(CC)CC(C)CC)nc(C2CC2)n1. The molecule has 1 aliphatic carbocycles. The highest BCUT2D eigenvalue weighted by Crippen LogP contribution is 2.39. The van der Waals surface area contributed by atoms with Gasteiger partial charge >= 0.3 is 0 Å². The summed E-state index contributed by atoms with van der Waals surface area (Å²) in [5.41, 5.74) is 0. The summed E-state index contributed by atoms with van der Waals surface area (Å²) in [6.07, 6.45) is 4.81. The van der Waals surface area contributed by atoms with Crippen molar-refractivity contribution >= 4 is 11.6 Å². The Balaban J connectivity index is 2.20. The van der Waals surface area contributed by atoms with Crippen LogP contribution in [-0.2, 0) is 0 Å². The van der Waals surface area contributed by atoms with E-state index in [4.69, 9.17) is 9.97 Å². The van der Waals surface area contributed by atoms with E-state index in [2.05, 4.69) is 44.0 Å². The van der Waals surface area contributed by atoms with Gasteiger partial charge in [0.2, 0.25) is 0 Å². The molecule has 1 atom stereocenters. The van der Waals surface area contributed by atoms with Crippen LogP contribution in [0.4, 0.5) is 11.6 Å². The lowest BCUT2D eigenvalue weighted by Gasteiger charge is -2.26. The molecule has 21 heavy (non-hydrogen) atoms. The second-order valence-electron chi connectivity index (χ2n) is 6.22. The van der Waals surface area contributed by atoms with Gasteiger partial charge in [0, 0.05) is 31.6 Å². The quantitative estimate of drug-likeness (QED) is 0.745. The maximum absolute atomic E-state index is 4.84. The van der Waals surface area contributed by atoms with Crippen molar-refractivity contribution in [3.8, 4) is 0 Å². The first-order chi connectivity index (χ1) is 10.2. The summed E-state index contributed by atoms with van der Waals surface area (Å²) < 4.78 is 0. The second-order valence-corrected chi connectivity index (χ2v) is 6.22. The average molecular weight is 290 g/mol. The van der Waals surface area contributed by atoms with Gasteiger partial charge in [0.05, 0.1) is 0 Å². The molecule has 2 rings (SSSR count). The molecule has 1 N–H and O–H groups in total. The predicted molar refractivity (Wildman–Crippen MR) is 90.1 cm³/mol. The molecule has 118 valence electrons. The summed E-state index contributed by atoms with van der Waals surface area (Å²) in [5.74, 6) is 4.40. The first-order valence-corrected chi connectivity index (χ1v) is 8.55. The van der Waals surface area contributed by atoms with Crippen LogP contribution >= 0.6 is 0 Å². The molecule has 4 heteroatoms. The lowest BCUT2D eigenvalue weighted by molar-refractivity contribution is 0.545. The van der Waals surface area contributed by atoms with Crippen molar-refractivity contribution < 1.29 is 0 Å². The van der Waals surface area contributed by atoms with Gasteiger partial charge in [-0.1, -0.05) is 27.2 Å². The molecular formula is C17H30N4. The van der Waals surface area contributed by atoms with E-state index in [9.17, 15) is 0 Å². The monoisotopic (exact) mass is 290 g/mol. The predicted octanol–water partition coefficient (Wildman–Crippen LogP) is 4.05. The fourth-order valence-corrected chi connectivity index (χ4v) is 2.37. The van der Waals surface area contributed by atoms with Crippen LogP contribution < -0.4 is 10.2 Å². The number of anilines is 2. The Labute approximate surface area is 129 Å². The molecule has 0 amide bonds. The average Bonchev–Trinajstić information content (AvgIpc) is 3.34. The summed E-state index contributed by atoms with van der Waals surface area (Å²) in [6.45, 7) is 12.0. The van der Waals surface area contributed by atoms with Crippen molar-refractivity contribution in [1.82, 2.24) is 9.97 Å². The van der Waals surface area contributed by atoms with Gasteiger partial charge in [-0.15, -0.1) is 0 Å². The molecule has 1 unspecified atom stereocenters. The van der Waals surface area contributed by atoms with Crippen LogP contribution in [0.1, 0.15) is 65.1 Å². The maximum Gasteiger partial charge on any atom is 0.136 e. The van der Waals surface area contributed by atoms with Crippen LogP contribution in [0.5, 0.6) is 0 Å². The second kappa shape index (κ2) is 7.62. The van der Waals surface area contributed by atoms with E-state index in [-0.39, 0.29) is 0 Å². The van der Waals surface area contributed by atoms with Crippen LogP contribution in [0.3, 0.4) is 0 Å². The van der Waals surface area contributed by atoms with Crippen molar-refractivity contribution in [3.63, 3.8) is 0 Å². The fraction of sp³-hybridized carbons (Fsp3) is 0.765. The minimum atomic E-state index is 0.592. The molecule has 1 saturated carbocycles. The highest BCUT2D eigenvalue weighted by molar-refractivity contribution is 5.50. The summed E-state index contributed by atoms with van der Waals surface area (Å²) in [5, 5.41) is 3.43. The summed E-state index contributed by atoms with van der Waals surface area (Å²) >= 11 is 0. The third-order valence-corrected chi connectivity index (χ3v) is 4.16.